The highest BCUT2D eigenvalue weighted by Gasteiger charge is 2.14. The summed E-state index contributed by atoms with van der Waals surface area (Å²) in [5.41, 5.74) is 3.08. The molecule has 0 aromatic heterocycles. The molecule has 6 heteroatoms. The van der Waals surface area contributed by atoms with Gasteiger partial charge in [0.2, 0.25) is 5.91 Å². The van der Waals surface area contributed by atoms with Crippen LogP contribution in [-0.2, 0) is 4.79 Å². The minimum atomic E-state index is -0.454. The molecule has 3 rings (SSSR count). The SMILES string of the molecule is Cc1cc(N2CCCC2)ccc1NC(=O)CSc1ccc(F)c(Cl)c1. The molecule has 1 aliphatic rings. The summed E-state index contributed by atoms with van der Waals surface area (Å²) >= 11 is 7.08. The number of halogens is 2. The van der Waals surface area contributed by atoms with Gasteiger partial charge in [-0.3, -0.25) is 4.79 Å². The van der Waals surface area contributed by atoms with Gasteiger partial charge in [-0.15, -0.1) is 11.8 Å². The van der Waals surface area contributed by atoms with Crippen LogP contribution in [0.3, 0.4) is 0 Å². The van der Waals surface area contributed by atoms with Gasteiger partial charge >= 0.3 is 0 Å². The predicted octanol–water partition coefficient (Wildman–Crippen LogP) is 5.12. The van der Waals surface area contributed by atoms with Crippen LogP contribution in [0.5, 0.6) is 0 Å². The first-order valence-electron chi connectivity index (χ1n) is 8.26. The van der Waals surface area contributed by atoms with E-state index in [-0.39, 0.29) is 16.7 Å². The van der Waals surface area contributed by atoms with Gasteiger partial charge in [-0.25, -0.2) is 4.39 Å². The van der Waals surface area contributed by atoms with E-state index in [1.165, 1.54) is 42.4 Å². The second-order valence-corrected chi connectivity index (χ2v) is 7.56. The Morgan fingerprint density at radius 1 is 1.24 bits per heavy atom. The van der Waals surface area contributed by atoms with E-state index in [2.05, 4.69) is 22.3 Å². The van der Waals surface area contributed by atoms with E-state index in [9.17, 15) is 9.18 Å². The van der Waals surface area contributed by atoms with E-state index in [1.54, 1.807) is 6.07 Å². The first-order valence-corrected chi connectivity index (χ1v) is 9.62. The third-order valence-corrected chi connectivity index (χ3v) is 5.50. The fourth-order valence-electron chi connectivity index (χ4n) is 2.86. The Morgan fingerprint density at radius 3 is 2.68 bits per heavy atom. The molecule has 1 saturated heterocycles. The summed E-state index contributed by atoms with van der Waals surface area (Å²) in [7, 11) is 0. The van der Waals surface area contributed by atoms with Crippen molar-refractivity contribution in [2.45, 2.75) is 24.7 Å². The van der Waals surface area contributed by atoms with Gasteiger partial charge in [-0.1, -0.05) is 11.6 Å². The van der Waals surface area contributed by atoms with Crippen LogP contribution in [0.25, 0.3) is 0 Å². The van der Waals surface area contributed by atoms with Crippen molar-refractivity contribution in [1.29, 1.82) is 0 Å². The zero-order valence-corrected chi connectivity index (χ0v) is 15.6. The largest absolute Gasteiger partial charge is 0.372 e. The van der Waals surface area contributed by atoms with Crippen molar-refractivity contribution in [1.82, 2.24) is 0 Å². The molecule has 2 aromatic rings. The first-order chi connectivity index (χ1) is 12.0. The van der Waals surface area contributed by atoms with E-state index in [0.717, 1.165) is 29.2 Å². The number of aryl methyl sites for hydroxylation is 1. The molecular formula is C19H20ClFN2OS. The quantitative estimate of drug-likeness (QED) is 0.733. The summed E-state index contributed by atoms with van der Waals surface area (Å²) < 4.78 is 13.2. The van der Waals surface area contributed by atoms with Gasteiger partial charge in [0.25, 0.3) is 0 Å². The molecule has 1 aliphatic heterocycles. The highest BCUT2D eigenvalue weighted by Crippen LogP contribution is 2.27. The van der Waals surface area contributed by atoms with Crippen LogP contribution in [0.1, 0.15) is 18.4 Å². The average molecular weight is 379 g/mol. The molecule has 0 saturated carbocycles. The molecule has 2 aromatic carbocycles. The molecule has 25 heavy (non-hydrogen) atoms. The summed E-state index contributed by atoms with van der Waals surface area (Å²) in [6, 6.07) is 10.6. The Labute approximate surface area is 156 Å². The van der Waals surface area contributed by atoms with Crippen LogP contribution in [0, 0.1) is 12.7 Å². The molecule has 3 nitrogen and oxygen atoms in total. The zero-order chi connectivity index (χ0) is 17.8. The number of amides is 1. The Bertz CT molecular complexity index is 778. The highest BCUT2D eigenvalue weighted by molar-refractivity contribution is 8.00. The van der Waals surface area contributed by atoms with Gasteiger partial charge in [0.05, 0.1) is 10.8 Å². The molecule has 1 heterocycles. The molecule has 0 spiro atoms. The third-order valence-electron chi connectivity index (χ3n) is 4.22. The predicted molar refractivity (Wildman–Crippen MR) is 103 cm³/mol. The third kappa shape index (κ3) is 4.67. The highest BCUT2D eigenvalue weighted by atomic mass is 35.5. The number of nitrogens with zero attached hydrogens (tertiary/aromatic N) is 1. The number of nitrogens with one attached hydrogen (secondary N) is 1. The first kappa shape index (κ1) is 18.1. The number of anilines is 2. The fourth-order valence-corrected chi connectivity index (χ4v) is 3.84. The number of hydrogen-bond donors (Lipinski definition) is 1. The monoisotopic (exact) mass is 378 g/mol. The number of carbonyl (C=O) groups excluding carboxylic acids is 1. The molecule has 0 aliphatic carbocycles. The lowest BCUT2D eigenvalue weighted by Crippen LogP contribution is -2.18. The summed E-state index contributed by atoms with van der Waals surface area (Å²) in [5, 5.41) is 3.01. The lowest BCUT2D eigenvalue weighted by atomic mass is 10.1. The normalized spacial score (nSPS) is 14.0. The summed E-state index contributed by atoms with van der Waals surface area (Å²) in [4.78, 5) is 15.3. The van der Waals surface area contributed by atoms with Gasteiger partial charge in [0.1, 0.15) is 5.82 Å². The van der Waals surface area contributed by atoms with E-state index in [0.29, 0.717) is 0 Å². The summed E-state index contributed by atoms with van der Waals surface area (Å²) in [6.45, 7) is 4.20. The second kappa shape index (κ2) is 8.11. The van der Waals surface area contributed by atoms with Crippen LogP contribution in [-0.4, -0.2) is 24.7 Å². The number of carbonyl (C=O) groups is 1. The Hall–Kier alpha value is -1.72. The van der Waals surface area contributed by atoms with Crippen LogP contribution in [0.15, 0.2) is 41.3 Å². The van der Waals surface area contributed by atoms with Gasteiger partial charge in [-0.2, -0.15) is 0 Å². The van der Waals surface area contributed by atoms with E-state index >= 15 is 0 Å². The number of benzene rings is 2. The van der Waals surface area contributed by atoms with Crippen LogP contribution in [0.4, 0.5) is 15.8 Å². The molecule has 1 amide bonds. The van der Waals surface area contributed by atoms with Crippen molar-refractivity contribution in [3.8, 4) is 0 Å². The number of thioether (sulfide) groups is 1. The van der Waals surface area contributed by atoms with Crippen LogP contribution in [0.2, 0.25) is 5.02 Å². The van der Waals surface area contributed by atoms with E-state index in [4.69, 9.17) is 11.6 Å². The van der Waals surface area contributed by atoms with Crippen molar-refractivity contribution in [3.63, 3.8) is 0 Å². The molecular weight excluding hydrogens is 359 g/mol. The lowest BCUT2D eigenvalue weighted by Gasteiger charge is -2.19. The van der Waals surface area contributed by atoms with E-state index < -0.39 is 5.82 Å². The second-order valence-electron chi connectivity index (χ2n) is 6.11. The Balaban J connectivity index is 1.57. The molecule has 0 radical (unpaired) electrons. The summed E-state index contributed by atoms with van der Waals surface area (Å²) in [5.74, 6) is -0.304. The number of rotatable bonds is 5. The standard InChI is InChI=1S/C19H20ClFN2OS/c1-13-10-14(23-8-2-3-9-23)4-7-18(13)22-19(24)12-25-15-5-6-17(21)16(20)11-15/h4-7,10-11H,2-3,8-9,12H2,1H3,(H,22,24). The molecule has 1 N–H and O–H groups in total. The molecule has 0 bridgehead atoms. The van der Waals surface area contributed by atoms with Gasteiger partial charge < -0.3 is 10.2 Å². The van der Waals surface area contributed by atoms with Gasteiger partial charge in [-0.05, 0) is 61.7 Å². The number of hydrogen-bond acceptors (Lipinski definition) is 3. The van der Waals surface area contributed by atoms with E-state index in [1.807, 2.05) is 13.0 Å². The minimum Gasteiger partial charge on any atom is -0.372 e. The van der Waals surface area contributed by atoms with Gasteiger partial charge in [0, 0.05) is 29.4 Å². The maximum Gasteiger partial charge on any atom is 0.234 e. The van der Waals surface area contributed by atoms with Crippen molar-refractivity contribution in [2.24, 2.45) is 0 Å². The van der Waals surface area contributed by atoms with Crippen molar-refractivity contribution >= 4 is 40.6 Å². The van der Waals surface area contributed by atoms with Crippen molar-refractivity contribution in [3.05, 3.63) is 52.8 Å². The van der Waals surface area contributed by atoms with Crippen molar-refractivity contribution < 1.29 is 9.18 Å². The average Bonchev–Trinajstić information content (AvgIpc) is 3.12. The Morgan fingerprint density at radius 2 is 2.00 bits per heavy atom. The minimum absolute atomic E-state index is 0.0683. The molecule has 0 atom stereocenters. The maximum absolute atomic E-state index is 13.2. The molecule has 1 fully saturated rings. The Kier molecular flexibility index (Phi) is 5.86. The van der Waals surface area contributed by atoms with Crippen LogP contribution >= 0.6 is 23.4 Å². The van der Waals surface area contributed by atoms with Gasteiger partial charge in [0.15, 0.2) is 0 Å². The fraction of sp³-hybridized carbons (Fsp3) is 0.316. The maximum atomic E-state index is 13.2. The lowest BCUT2D eigenvalue weighted by molar-refractivity contribution is -0.113. The molecule has 0 unspecified atom stereocenters. The topological polar surface area (TPSA) is 32.3 Å². The smallest absolute Gasteiger partial charge is 0.234 e. The van der Waals surface area contributed by atoms with Crippen LogP contribution < -0.4 is 10.2 Å². The summed E-state index contributed by atoms with van der Waals surface area (Å²) in [6.07, 6.45) is 2.48. The molecule has 132 valence electrons. The zero-order valence-electron chi connectivity index (χ0n) is 14.0. The van der Waals surface area contributed by atoms with Crippen molar-refractivity contribution in [2.75, 3.05) is 29.1 Å².